The van der Waals surface area contributed by atoms with E-state index in [1.165, 1.54) is 5.56 Å². The van der Waals surface area contributed by atoms with Gasteiger partial charge in [0.15, 0.2) is 0 Å². The molecule has 0 fully saturated rings. The van der Waals surface area contributed by atoms with Crippen LogP contribution in [0, 0.1) is 0 Å². The lowest BCUT2D eigenvalue weighted by atomic mass is 10.1. The molecule has 3 heteroatoms. The molecule has 0 amide bonds. The van der Waals surface area contributed by atoms with Crippen molar-refractivity contribution in [3.8, 4) is 0 Å². The highest BCUT2D eigenvalue weighted by atomic mass is 16.3. The first-order chi connectivity index (χ1) is 9.74. The van der Waals surface area contributed by atoms with Crippen molar-refractivity contribution in [3.05, 3.63) is 59.9 Å². The molecule has 1 atom stereocenters. The van der Waals surface area contributed by atoms with Crippen molar-refractivity contribution in [1.82, 2.24) is 4.98 Å². The molecule has 0 bridgehead atoms. The van der Waals surface area contributed by atoms with Gasteiger partial charge in [0.1, 0.15) is 0 Å². The second kappa shape index (κ2) is 7.06. The van der Waals surface area contributed by atoms with E-state index in [0.717, 1.165) is 24.5 Å². The van der Waals surface area contributed by atoms with E-state index in [0.29, 0.717) is 6.42 Å². The highest BCUT2D eigenvalue weighted by Gasteiger charge is 2.09. The van der Waals surface area contributed by atoms with E-state index >= 15 is 0 Å². The number of rotatable bonds is 6. The van der Waals surface area contributed by atoms with Gasteiger partial charge in [0.25, 0.3) is 0 Å². The van der Waals surface area contributed by atoms with Gasteiger partial charge in [-0.2, -0.15) is 0 Å². The van der Waals surface area contributed by atoms with Gasteiger partial charge in [0, 0.05) is 13.1 Å². The first-order valence-corrected chi connectivity index (χ1v) is 7.17. The Labute approximate surface area is 120 Å². The van der Waals surface area contributed by atoms with Crippen molar-refractivity contribution < 1.29 is 5.11 Å². The third kappa shape index (κ3) is 3.58. The molecule has 0 aliphatic carbocycles. The zero-order chi connectivity index (χ0) is 14.4. The van der Waals surface area contributed by atoms with Crippen LogP contribution in [0.25, 0.3) is 0 Å². The van der Waals surface area contributed by atoms with Gasteiger partial charge in [0.05, 0.1) is 23.7 Å². The van der Waals surface area contributed by atoms with Crippen LogP contribution in [0.3, 0.4) is 0 Å². The quantitative estimate of drug-likeness (QED) is 0.872. The largest absolute Gasteiger partial charge is 0.387 e. The number of pyridine rings is 1. The SMILES string of the molecule is CCC(O)c1ccc(N(CC)Cc2ccccc2)cn1. The fourth-order valence-corrected chi connectivity index (χ4v) is 2.18. The van der Waals surface area contributed by atoms with Gasteiger partial charge in [0.2, 0.25) is 0 Å². The van der Waals surface area contributed by atoms with E-state index < -0.39 is 6.10 Å². The molecule has 2 rings (SSSR count). The first kappa shape index (κ1) is 14.5. The number of anilines is 1. The number of aliphatic hydroxyl groups is 1. The average Bonchev–Trinajstić information content (AvgIpc) is 2.53. The lowest BCUT2D eigenvalue weighted by Crippen LogP contribution is -2.22. The molecule has 0 saturated heterocycles. The van der Waals surface area contributed by atoms with Crippen LogP contribution in [0.2, 0.25) is 0 Å². The van der Waals surface area contributed by atoms with Gasteiger partial charge >= 0.3 is 0 Å². The van der Waals surface area contributed by atoms with Gasteiger partial charge in [-0.15, -0.1) is 0 Å². The monoisotopic (exact) mass is 270 g/mol. The lowest BCUT2D eigenvalue weighted by Gasteiger charge is -2.23. The molecule has 0 aliphatic heterocycles. The second-order valence-electron chi connectivity index (χ2n) is 4.87. The van der Waals surface area contributed by atoms with Crippen molar-refractivity contribution in [3.63, 3.8) is 0 Å². The molecule has 1 aromatic carbocycles. The molecule has 0 aliphatic rings. The lowest BCUT2D eigenvalue weighted by molar-refractivity contribution is 0.169. The summed E-state index contributed by atoms with van der Waals surface area (Å²) < 4.78 is 0. The van der Waals surface area contributed by atoms with Crippen LogP contribution in [0.1, 0.15) is 37.6 Å². The van der Waals surface area contributed by atoms with Gasteiger partial charge in [-0.3, -0.25) is 4.98 Å². The summed E-state index contributed by atoms with van der Waals surface area (Å²) in [7, 11) is 0. The van der Waals surface area contributed by atoms with Crippen LogP contribution in [0.5, 0.6) is 0 Å². The normalized spacial score (nSPS) is 12.2. The first-order valence-electron chi connectivity index (χ1n) is 7.17. The van der Waals surface area contributed by atoms with Crippen molar-refractivity contribution in [1.29, 1.82) is 0 Å². The molecule has 0 saturated carbocycles. The number of hydrogen-bond acceptors (Lipinski definition) is 3. The predicted molar refractivity (Wildman–Crippen MR) is 82.7 cm³/mol. The van der Waals surface area contributed by atoms with Crippen molar-refractivity contribution >= 4 is 5.69 Å². The van der Waals surface area contributed by atoms with E-state index in [4.69, 9.17) is 0 Å². The maximum absolute atomic E-state index is 9.78. The Morgan fingerprint density at radius 1 is 1.10 bits per heavy atom. The zero-order valence-corrected chi connectivity index (χ0v) is 12.2. The number of aromatic nitrogens is 1. The summed E-state index contributed by atoms with van der Waals surface area (Å²) in [6.07, 6.45) is 2.07. The number of hydrogen-bond donors (Lipinski definition) is 1. The second-order valence-corrected chi connectivity index (χ2v) is 4.87. The molecule has 106 valence electrons. The van der Waals surface area contributed by atoms with Crippen LogP contribution in [-0.4, -0.2) is 16.6 Å². The summed E-state index contributed by atoms with van der Waals surface area (Å²) in [6.45, 7) is 5.88. The third-order valence-corrected chi connectivity index (χ3v) is 3.46. The van der Waals surface area contributed by atoms with Crippen molar-refractivity contribution in [2.45, 2.75) is 32.9 Å². The Balaban J connectivity index is 2.11. The van der Waals surface area contributed by atoms with Crippen LogP contribution in [0.15, 0.2) is 48.7 Å². The van der Waals surface area contributed by atoms with E-state index in [-0.39, 0.29) is 0 Å². The molecule has 20 heavy (non-hydrogen) atoms. The molecule has 2 aromatic rings. The molecule has 3 nitrogen and oxygen atoms in total. The van der Waals surface area contributed by atoms with Gasteiger partial charge in [-0.1, -0.05) is 37.3 Å². The van der Waals surface area contributed by atoms with E-state index in [2.05, 4.69) is 41.1 Å². The van der Waals surface area contributed by atoms with Gasteiger partial charge in [-0.05, 0) is 31.0 Å². The topological polar surface area (TPSA) is 36.4 Å². The Kier molecular flexibility index (Phi) is 5.13. The number of benzene rings is 1. The minimum atomic E-state index is -0.465. The molecular weight excluding hydrogens is 248 g/mol. The summed E-state index contributed by atoms with van der Waals surface area (Å²) in [5, 5.41) is 9.78. The third-order valence-electron chi connectivity index (χ3n) is 3.46. The molecule has 1 unspecified atom stereocenters. The Hall–Kier alpha value is -1.87. The molecular formula is C17H22N2O. The van der Waals surface area contributed by atoms with Crippen molar-refractivity contribution in [2.24, 2.45) is 0 Å². The van der Waals surface area contributed by atoms with Crippen LogP contribution < -0.4 is 4.90 Å². The fraction of sp³-hybridized carbons (Fsp3) is 0.353. The van der Waals surface area contributed by atoms with E-state index in [1.807, 2.05) is 31.3 Å². The van der Waals surface area contributed by atoms with Gasteiger partial charge < -0.3 is 10.0 Å². The Morgan fingerprint density at radius 2 is 1.85 bits per heavy atom. The Bertz CT molecular complexity index is 510. The summed E-state index contributed by atoms with van der Waals surface area (Å²) in [4.78, 5) is 6.64. The zero-order valence-electron chi connectivity index (χ0n) is 12.2. The highest BCUT2D eigenvalue weighted by Crippen LogP contribution is 2.19. The standard InChI is InChI=1S/C17H22N2O/c1-3-17(20)16-11-10-15(12-18-16)19(4-2)13-14-8-6-5-7-9-14/h5-12,17,20H,3-4,13H2,1-2H3. The fourth-order valence-electron chi connectivity index (χ4n) is 2.18. The predicted octanol–water partition coefficient (Wildman–Crippen LogP) is 3.55. The van der Waals surface area contributed by atoms with Crippen LogP contribution in [-0.2, 0) is 6.54 Å². The number of aliphatic hydroxyl groups excluding tert-OH is 1. The molecule has 0 spiro atoms. The van der Waals surface area contributed by atoms with E-state index in [1.54, 1.807) is 0 Å². The summed E-state index contributed by atoms with van der Waals surface area (Å²) >= 11 is 0. The van der Waals surface area contributed by atoms with Gasteiger partial charge in [-0.25, -0.2) is 0 Å². The molecule has 0 radical (unpaired) electrons. The average molecular weight is 270 g/mol. The Morgan fingerprint density at radius 3 is 2.40 bits per heavy atom. The molecule has 1 N–H and O–H groups in total. The minimum absolute atomic E-state index is 0.465. The summed E-state index contributed by atoms with van der Waals surface area (Å²) in [5.41, 5.74) is 3.11. The maximum atomic E-state index is 9.78. The molecule has 1 aromatic heterocycles. The van der Waals surface area contributed by atoms with E-state index in [9.17, 15) is 5.11 Å². The van der Waals surface area contributed by atoms with Crippen LogP contribution >= 0.6 is 0 Å². The smallest absolute Gasteiger partial charge is 0.0957 e. The minimum Gasteiger partial charge on any atom is -0.387 e. The van der Waals surface area contributed by atoms with Crippen molar-refractivity contribution in [2.75, 3.05) is 11.4 Å². The number of nitrogens with zero attached hydrogens (tertiary/aromatic N) is 2. The summed E-state index contributed by atoms with van der Waals surface area (Å²) in [5.74, 6) is 0. The van der Waals surface area contributed by atoms with Crippen LogP contribution in [0.4, 0.5) is 5.69 Å². The highest BCUT2D eigenvalue weighted by molar-refractivity contribution is 5.45. The summed E-state index contributed by atoms with van der Waals surface area (Å²) in [6, 6.07) is 14.4. The molecule has 1 heterocycles. The maximum Gasteiger partial charge on any atom is 0.0957 e.